The molecule has 2 N–H and O–H groups in total. The topological polar surface area (TPSA) is 325 Å². The maximum absolute atomic E-state index is 14.1. The Balaban J connectivity index is 0.000000239. The fourth-order valence-corrected chi connectivity index (χ4v) is 48.8. The van der Waals surface area contributed by atoms with E-state index in [4.69, 9.17) is 4.74 Å². The summed E-state index contributed by atoms with van der Waals surface area (Å²) in [6.45, 7) is -3.83. The summed E-state index contributed by atoms with van der Waals surface area (Å²) >= 11 is 0. The van der Waals surface area contributed by atoms with Crippen molar-refractivity contribution >= 4 is 163 Å². The number of ether oxygens (including phenoxy) is 1. The SMILES string of the molecule is CCNP1(F)=NP(F)(F)=NP(F)(F)=N1.CNP1(F)=NP(F)(F)=NP(F)(F)=N1.FC(F)(F)CN(CC(F)(F)F)P1(F)=NP(F)(F)=NP(F)(F)=N1.FP1(F)=NP(F)(F)=NP(F)(N2CCCC2)=N1.FP1(F)=NP(F)(F)=NP(F)(N2CCOCC2)=N1.FP1(F)=NP(F)(F)=NP(F)(n2cccc2)=N1.FP1(F)=NP(F)(F)=NP(F)(n2ccnc2)=N1. The monoisotopic (exact) mass is 2150 g/mol. The van der Waals surface area contributed by atoms with Gasteiger partial charge >= 0.3 is 176 Å². The van der Waals surface area contributed by atoms with Crippen LogP contribution < -0.4 is 10.2 Å². The highest BCUT2D eigenvalue weighted by atomic mass is 31.3. The number of hydrogen-bond donors (Lipinski definition) is 2. The van der Waals surface area contributed by atoms with Crippen LogP contribution in [-0.4, -0.2) is 106 Å². The summed E-state index contributed by atoms with van der Waals surface area (Å²) in [5.41, 5.74) is 0. The third-order valence-corrected chi connectivity index (χ3v) is 54.0. The number of nitrogens with one attached hydrogen (secondary N) is 2. The number of morpholine rings is 1. The lowest BCUT2D eigenvalue weighted by Gasteiger charge is -2.31. The Labute approximate surface area is 613 Å². The van der Waals surface area contributed by atoms with E-state index in [9.17, 15) is 173 Å². The Morgan fingerprint density at radius 2 is 0.623 bits per heavy atom. The third-order valence-electron chi connectivity index (χ3n) is 10.8. The van der Waals surface area contributed by atoms with Crippen LogP contribution in [0.5, 0.6) is 0 Å². The minimum atomic E-state index is -6.41. The van der Waals surface area contributed by atoms with Gasteiger partial charge in [-0.2, -0.15) is 55.7 Å². The van der Waals surface area contributed by atoms with Crippen molar-refractivity contribution in [3.63, 3.8) is 0 Å². The summed E-state index contributed by atoms with van der Waals surface area (Å²) in [6.07, 6.45) is -4.96. The zero-order valence-corrected chi connectivity index (χ0v) is 72.0. The van der Waals surface area contributed by atoms with Gasteiger partial charge in [0, 0.05) is 57.5 Å². The van der Waals surface area contributed by atoms with Crippen LogP contribution in [0.15, 0.2) is 138 Å². The highest BCUT2D eigenvalue weighted by molar-refractivity contribution is 7.83. The van der Waals surface area contributed by atoms with Gasteiger partial charge in [-0.3, -0.25) is 8.68 Å². The molecular formula is C22H37F41N29OP21. The molecule has 668 valence electrons. The van der Waals surface area contributed by atoms with Gasteiger partial charge < -0.3 is 4.74 Å². The van der Waals surface area contributed by atoms with E-state index >= 15 is 0 Å². The summed E-state index contributed by atoms with van der Waals surface area (Å²) in [5, 5.41) is 3.46. The zero-order valence-electron chi connectivity index (χ0n) is 53.2. The van der Waals surface area contributed by atoms with E-state index in [1.807, 2.05) is 32.2 Å². The van der Waals surface area contributed by atoms with Crippen LogP contribution in [0, 0.1) is 0 Å². The molecule has 0 aliphatic carbocycles. The molecule has 0 radical (unpaired) electrons. The molecule has 2 aromatic heterocycles. The summed E-state index contributed by atoms with van der Waals surface area (Å²) in [4.78, 5) is 3.37. The number of rotatable bonds is 10. The molecule has 0 saturated carbocycles. The number of halogens is 41. The summed E-state index contributed by atoms with van der Waals surface area (Å²) in [7, 11) is -113. The van der Waals surface area contributed by atoms with Crippen molar-refractivity contribution in [1.29, 1.82) is 0 Å². The average molecular weight is 2150 g/mol. The van der Waals surface area contributed by atoms with Crippen LogP contribution in [0.3, 0.4) is 0 Å². The number of alkyl halides is 6. The first kappa shape index (κ1) is 105. The lowest BCUT2D eigenvalue weighted by atomic mass is 10.4. The Bertz CT molecular complexity index is 5030. The number of imidazole rings is 1. The molecule has 7 unspecified atom stereocenters. The van der Waals surface area contributed by atoms with Crippen LogP contribution in [0.4, 0.5) is 173 Å². The van der Waals surface area contributed by atoms with Gasteiger partial charge in [-0.1, -0.05) is 6.92 Å². The Hall–Kier alpha value is 0.210. The molecular weight excluding hydrogens is 2120 g/mol. The van der Waals surface area contributed by atoms with Crippen LogP contribution >= 0.6 is 163 Å². The largest absolute Gasteiger partial charge is 0.424 e. The summed E-state index contributed by atoms with van der Waals surface area (Å²) < 4.78 is 579. The van der Waals surface area contributed by atoms with Crippen molar-refractivity contribution in [2.45, 2.75) is 32.1 Å². The minimum absolute atomic E-state index is 0.0721. The van der Waals surface area contributed by atoms with Crippen LogP contribution in [0.25, 0.3) is 0 Å². The standard InChI is InChI=1S/C4H4F11N4P3.C4H8F5N4OP3.C4H8F5N4P3.C4H4F5N4P3.C3H3F5N5P3.C2H6F5N4P3.CH4F5N4P3/c5-3(6,7)1-19(2-4(8,9)10)22(15)17-20(11,12)16-21(13,14)18-22;5-15(6)10-16(7,8)12-17(9,11-15)13-1-3-14-4-2-13;2*5-14(6)10-15(7,8)12-16(9,11-14)13-3-1-2-4-13;4-14(5)10-15(6,7)12-16(8,11-14)13-2-1-9-3-13;1-2-8-14(7)10-12(3,4)9-13(5,6)11-14;1-7-13(6)9-11(2,3)8-12(4,5)10-13/h1-2H2;1-4H2;1-4H2;1-4H;1-3H;8H,2H2,1H3;7H,1H3. The van der Waals surface area contributed by atoms with Crippen LogP contribution in [0.1, 0.15) is 19.8 Å². The molecule has 11 rings (SSSR count). The Morgan fingerprint density at radius 3 is 0.939 bits per heavy atom. The van der Waals surface area contributed by atoms with Crippen LogP contribution in [0.2, 0.25) is 0 Å². The van der Waals surface area contributed by atoms with Gasteiger partial charge in [0.1, 0.15) is 19.4 Å². The van der Waals surface area contributed by atoms with E-state index in [0.29, 0.717) is 21.5 Å². The second kappa shape index (κ2) is 37.0. The maximum atomic E-state index is 14.1. The molecule has 9 aliphatic rings. The highest BCUT2D eigenvalue weighted by Gasteiger charge is 2.52. The summed E-state index contributed by atoms with van der Waals surface area (Å²) in [6, 6.07) is 2.62. The first-order valence-electron chi connectivity index (χ1n) is 27.0. The maximum Gasteiger partial charge on any atom is 0.424 e. The normalized spacial score (nSPS) is 33.0. The summed E-state index contributed by atoms with van der Waals surface area (Å²) in [5.74, 6) is 0. The van der Waals surface area contributed by atoms with E-state index in [-0.39, 0.29) is 45.9 Å². The molecule has 7 atom stereocenters. The molecule has 0 bridgehead atoms. The van der Waals surface area contributed by atoms with Crippen LogP contribution in [-0.2, 0) is 4.74 Å². The second-order valence-electron chi connectivity index (χ2n) is 19.8. The molecule has 2 fully saturated rings. The van der Waals surface area contributed by atoms with Crippen molar-refractivity contribution in [3.05, 3.63) is 43.2 Å². The molecule has 0 amide bonds. The highest BCUT2D eigenvalue weighted by Crippen LogP contribution is 2.88. The Kier molecular flexibility index (Phi) is 34.0. The quantitative estimate of drug-likeness (QED) is 0.171. The van der Waals surface area contributed by atoms with Gasteiger partial charge in [-0.05, 0) is 32.0 Å². The van der Waals surface area contributed by atoms with E-state index in [0.717, 1.165) is 47.5 Å². The van der Waals surface area contributed by atoms with E-state index in [1.54, 1.807) is 14.1 Å². The lowest BCUT2D eigenvalue weighted by molar-refractivity contribution is -0.165. The van der Waals surface area contributed by atoms with Gasteiger partial charge in [-0.25, -0.2) is 29.2 Å². The van der Waals surface area contributed by atoms with E-state index in [1.165, 1.54) is 23.6 Å². The van der Waals surface area contributed by atoms with Gasteiger partial charge in [-0.15, -0.1) is 212 Å². The zero-order chi connectivity index (χ0) is 87.8. The predicted octanol–water partition coefficient (Wildman–Crippen LogP) is 39.6. The van der Waals surface area contributed by atoms with Crippen molar-refractivity contribution in [2.75, 3.05) is 66.1 Å². The number of hydrogen-bond acceptors (Lipinski definition) is 28. The van der Waals surface area contributed by atoms with Crippen molar-refractivity contribution in [1.82, 2.24) is 37.8 Å². The van der Waals surface area contributed by atoms with Gasteiger partial charge in [0.05, 0.1) is 13.2 Å². The third kappa shape index (κ3) is 33.9. The fourth-order valence-electron chi connectivity index (χ4n) is 7.41. The smallest absolute Gasteiger partial charge is 0.379 e. The first-order chi connectivity index (χ1) is 50.7. The van der Waals surface area contributed by atoms with Crippen molar-refractivity contribution in [3.8, 4) is 0 Å². The van der Waals surface area contributed by atoms with Gasteiger partial charge in [0.15, 0.2) is 0 Å². The lowest BCUT2D eigenvalue weighted by Crippen LogP contribution is -2.37. The fraction of sp³-hybridized carbons (Fsp3) is 0.682. The molecule has 2 saturated heterocycles. The number of aromatic nitrogens is 3. The average Bonchev–Trinajstić information content (AvgIpc) is 1.61. The second-order valence-corrected chi connectivity index (χ2v) is 58.0. The molecule has 11 heterocycles. The molecule has 30 nitrogen and oxygen atoms in total. The number of nitrogens with zero attached hydrogens (tertiary/aromatic N) is 27. The molecule has 9 aliphatic heterocycles. The molecule has 0 aromatic carbocycles. The first-order valence-corrected chi connectivity index (χ1v) is 58.5. The van der Waals surface area contributed by atoms with Gasteiger partial charge in [0.2, 0.25) is 0 Å². The van der Waals surface area contributed by atoms with Crippen molar-refractivity contribution < 1.29 is 178 Å². The van der Waals surface area contributed by atoms with E-state index in [2.05, 4.69) is 59.2 Å². The molecule has 0 spiro atoms. The molecule has 2 aromatic rings. The van der Waals surface area contributed by atoms with Gasteiger partial charge in [0.25, 0.3) is 0 Å². The predicted molar refractivity (Wildman–Crippen MR) is 362 cm³/mol. The van der Waals surface area contributed by atoms with Crippen molar-refractivity contribution in [2.24, 2.45) is 94.8 Å². The minimum Gasteiger partial charge on any atom is -0.379 e. The molecule has 114 heavy (non-hydrogen) atoms. The van der Waals surface area contributed by atoms with E-state index < -0.39 is 193 Å². The Morgan fingerprint density at radius 1 is 0.333 bits per heavy atom. The molecule has 92 heteroatoms.